The van der Waals surface area contributed by atoms with E-state index in [-0.39, 0.29) is 6.61 Å². The fourth-order valence-corrected chi connectivity index (χ4v) is 1.17. The molecule has 0 aliphatic heterocycles. The van der Waals surface area contributed by atoms with Crippen LogP contribution in [0.3, 0.4) is 0 Å². The lowest BCUT2D eigenvalue weighted by Crippen LogP contribution is -2.74. The largest absolute Gasteiger partial charge is 0.790 e. The predicted molar refractivity (Wildman–Crippen MR) is 71.4 cm³/mol. The molecule has 19 heavy (non-hydrogen) atoms. The lowest BCUT2D eigenvalue weighted by Gasteiger charge is -2.28. The first kappa shape index (κ1) is 20.8. The van der Waals surface area contributed by atoms with Gasteiger partial charge in [-0.2, -0.15) is 0 Å². The lowest BCUT2D eigenvalue weighted by molar-refractivity contribution is -0.597. The van der Waals surface area contributed by atoms with Crippen LogP contribution in [0.15, 0.2) is 24.3 Å². The van der Waals surface area contributed by atoms with Gasteiger partial charge in [-0.05, 0) is 17.7 Å². The van der Waals surface area contributed by atoms with Crippen LogP contribution in [-0.2, 0) is 15.7 Å². The van der Waals surface area contributed by atoms with E-state index in [9.17, 15) is 14.4 Å². The van der Waals surface area contributed by atoms with Gasteiger partial charge < -0.3 is 29.5 Å². The van der Waals surface area contributed by atoms with E-state index in [1.807, 2.05) is 38.8 Å². The molecule has 1 rings (SSSR count). The minimum absolute atomic E-state index is 0.249. The molecule has 0 amide bonds. The van der Waals surface area contributed by atoms with Crippen molar-refractivity contribution in [2.75, 3.05) is 28.2 Å². The first-order valence-electron chi connectivity index (χ1n) is 5.69. The van der Waals surface area contributed by atoms with E-state index in [0.29, 0.717) is 10.6 Å². The summed E-state index contributed by atoms with van der Waals surface area (Å²) in [6.45, 7) is -0.249. The number of hydrogen-bond donors (Lipinski definition) is 2. The quantitative estimate of drug-likeness (QED) is 0.649. The Bertz CT molecular complexity index is 354. The second-order valence-corrected chi connectivity index (χ2v) is 5.09. The van der Waals surface area contributed by atoms with Crippen molar-refractivity contribution in [3.05, 3.63) is 34.9 Å². The molecule has 0 spiro atoms. The van der Waals surface area contributed by atoms with Gasteiger partial charge in [0.25, 0.3) is 0 Å². The van der Waals surface area contributed by atoms with Gasteiger partial charge in [-0.15, -0.1) is 0 Å². The van der Waals surface area contributed by atoms with E-state index in [4.69, 9.17) is 11.6 Å². The minimum Gasteiger partial charge on any atom is -0.790 e. The average Bonchev–Trinajstić information content (AvgIpc) is 2.29. The van der Waals surface area contributed by atoms with E-state index in [1.165, 1.54) is 0 Å². The Kier molecular flexibility index (Phi) is 13.8. The lowest BCUT2D eigenvalue weighted by atomic mass is 10.2. The van der Waals surface area contributed by atoms with Crippen LogP contribution in [0.25, 0.3) is 0 Å². The van der Waals surface area contributed by atoms with Crippen LogP contribution in [0.4, 0.5) is 0 Å². The highest BCUT2D eigenvalue weighted by Crippen LogP contribution is 2.26. The Labute approximate surface area is 119 Å². The predicted octanol–water partition coefficient (Wildman–Crippen LogP) is -1.70. The summed E-state index contributed by atoms with van der Waals surface area (Å²) >= 11 is 5.58. The standard InChI is InChI=1S/C7H8ClO4P.2C2H7N/c8-7-3-1-6(2-4-7)5-12-13(9,10)11;2*1-3-2/h1-4H,5H2,(H2,9,10,11);2*3H,1-2H3. The second kappa shape index (κ2) is 12.6. The number of phosphoric acid groups is 1. The van der Waals surface area contributed by atoms with Gasteiger partial charge in [0, 0.05) is 5.02 Å². The van der Waals surface area contributed by atoms with Crippen LogP contribution < -0.4 is 20.4 Å². The average molecular weight is 313 g/mol. The number of nitrogens with two attached hydrogens (primary N) is 2. The SMILES string of the molecule is C[NH2+]C.C[NH2+]C.O=P([O-])([O-])OCc1ccc(Cl)cc1. The number of halogens is 1. The molecule has 1 aromatic rings. The van der Waals surface area contributed by atoms with Gasteiger partial charge in [0.15, 0.2) is 0 Å². The van der Waals surface area contributed by atoms with Gasteiger partial charge in [-0.25, -0.2) is 0 Å². The Morgan fingerprint density at radius 1 is 1.11 bits per heavy atom. The maximum Gasteiger partial charge on any atom is 0.0769 e. The Balaban J connectivity index is 0. The van der Waals surface area contributed by atoms with Crippen molar-refractivity contribution in [2.45, 2.75) is 6.61 Å². The van der Waals surface area contributed by atoms with E-state index < -0.39 is 7.82 Å². The van der Waals surface area contributed by atoms with Crippen LogP contribution in [-0.4, -0.2) is 28.2 Å². The van der Waals surface area contributed by atoms with Crippen LogP contribution in [0, 0.1) is 0 Å². The molecule has 0 atom stereocenters. The molecule has 0 aromatic heterocycles. The number of rotatable bonds is 3. The molecule has 0 fully saturated rings. The number of hydrogen-bond acceptors (Lipinski definition) is 4. The Hall–Kier alpha value is -0.460. The van der Waals surface area contributed by atoms with Crippen LogP contribution in [0.2, 0.25) is 5.02 Å². The minimum atomic E-state index is -4.88. The smallest absolute Gasteiger partial charge is 0.0769 e. The third-order valence-electron chi connectivity index (χ3n) is 1.30. The molecular formula is C11H22ClN2O4P. The fraction of sp³-hybridized carbons (Fsp3) is 0.455. The van der Waals surface area contributed by atoms with Crippen LogP contribution in [0.1, 0.15) is 5.56 Å². The van der Waals surface area contributed by atoms with E-state index >= 15 is 0 Å². The van der Waals surface area contributed by atoms with E-state index in [1.54, 1.807) is 24.3 Å². The van der Waals surface area contributed by atoms with Gasteiger partial charge in [0.05, 0.1) is 42.6 Å². The molecule has 0 unspecified atom stereocenters. The number of benzene rings is 1. The van der Waals surface area contributed by atoms with Crippen molar-refractivity contribution in [3.8, 4) is 0 Å². The zero-order valence-corrected chi connectivity index (χ0v) is 13.3. The summed E-state index contributed by atoms with van der Waals surface area (Å²) in [5, 5.41) is 4.54. The van der Waals surface area contributed by atoms with Gasteiger partial charge in [0.2, 0.25) is 0 Å². The van der Waals surface area contributed by atoms with Crippen molar-refractivity contribution in [2.24, 2.45) is 0 Å². The Morgan fingerprint density at radius 2 is 1.47 bits per heavy atom. The topological polar surface area (TPSA) is 106 Å². The van der Waals surface area contributed by atoms with Gasteiger partial charge in [-0.3, -0.25) is 0 Å². The summed E-state index contributed by atoms with van der Waals surface area (Å²) < 4.78 is 14.2. The highest BCUT2D eigenvalue weighted by molar-refractivity contribution is 7.43. The highest BCUT2D eigenvalue weighted by Gasteiger charge is 1.95. The number of quaternary nitrogens is 2. The molecule has 4 N–H and O–H groups in total. The van der Waals surface area contributed by atoms with E-state index in [0.717, 1.165) is 0 Å². The van der Waals surface area contributed by atoms with Gasteiger partial charge >= 0.3 is 0 Å². The third-order valence-corrected chi connectivity index (χ3v) is 2.00. The maximum atomic E-state index is 10.1. The fourth-order valence-electron chi connectivity index (χ4n) is 0.734. The second-order valence-electron chi connectivity index (χ2n) is 3.50. The van der Waals surface area contributed by atoms with Crippen molar-refractivity contribution < 1.29 is 29.5 Å². The van der Waals surface area contributed by atoms with Crippen molar-refractivity contribution in [1.82, 2.24) is 0 Å². The molecule has 0 saturated carbocycles. The normalized spacial score (nSPS) is 9.84. The summed E-state index contributed by atoms with van der Waals surface area (Å²) in [6.07, 6.45) is 0. The van der Waals surface area contributed by atoms with Crippen LogP contribution >= 0.6 is 19.4 Å². The van der Waals surface area contributed by atoms with Crippen molar-refractivity contribution >= 4 is 19.4 Å². The summed E-state index contributed by atoms with van der Waals surface area (Å²) in [6, 6.07) is 6.33. The molecule has 8 heteroatoms. The molecule has 0 heterocycles. The highest BCUT2D eigenvalue weighted by atomic mass is 35.5. The third kappa shape index (κ3) is 17.5. The van der Waals surface area contributed by atoms with E-state index in [2.05, 4.69) is 4.52 Å². The maximum absolute atomic E-state index is 10.1. The van der Waals surface area contributed by atoms with Crippen LogP contribution in [0.5, 0.6) is 0 Å². The van der Waals surface area contributed by atoms with Gasteiger partial charge in [0.1, 0.15) is 0 Å². The monoisotopic (exact) mass is 312 g/mol. The summed E-state index contributed by atoms with van der Waals surface area (Å²) in [5.74, 6) is 0. The zero-order valence-electron chi connectivity index (χ0n) is 11.6. The first-order valence-corrected chi connectivity index (χ1v) is 7.53. The summed E-state index contributed by atoms with van der Waals surface area (Å²) in [5.41, 5.74) is 0.580. The van der Waals surface area contributed by atoms with Crippen molar-refractivity contribution in [1.29, 1.82) is 0 Å². The number of phosphoric ester groups is 1. The molecule has 6 nitrogen and oxygen atoms in total. The first-order chi connectivity index (χ1) is 8.80. The van der Waals surface area contributed by atoms with Gasteiger partial charge in [-0.1, -0.05) is 23.7 Å². The molecule has 0 radical (unpaired) electrons. The zero-order chi connectivity index (χ0) is 15.3. The summed E-state index contributed by atoms with van der Waals surface area (Å²) in [4.78, 5) is 20.2. The molecule has 0 aliphatic carbocycles. The molecular weight excluding hydrogens is 291 g/mol. The molecule has 0 saturated heterocycles. The molecule has 112 valence electrons. The molecule has 1 aromatic carbocycles. The summed E-state index contributed by atoms with van der Waals surface area (Å²) in [7, 11) is 3.12. The Morgan fingerprint density at radius 3 is 1.79 bits per heavy atom. The molecule has 0 aliphatic rings. The molecule has 0 bridgehead atoms. The van der Waals surface area contributed by atoms with Crippen molar-refractivity contribution in [3.63, 3.8) is 0 Å².